The third kappa shape index (κ3) is 3.75. The van der Waals surface area contributed by atoms with E-state index >= 15 is 0 Å². The fourth-order valence-electron chi connectivity index (χ4n) is 5.29. The highest BCUT2D eigenvalue weighted by Crippen LogP contribution is 2.38. The number of benzene rings is 2. The molecule has 162 valence electrons. The number of nitrogens with zero attached hydrogens (tertiary/aromatic N) is 1. The van der Waals surface area contributed by atoms with Crippen LogP contribution in [0, 0.1) is 5.82 Å². The van der Waals surface area contributed by atoms with Gasteiger partial charge < -0.3 is 20.9 Å². The Morgan fingerprint density at radius 3 is 2.61 bits per heavy atom. The number of aryl methyl sites for hydroxylation is 1. The van der Waals surface area contributed by atoms with Gasteiger partial charge in [-0.1, -0.05) is 24.3 Å². The molecule has 1 aromatic heterocycles. The molecule has 6 heteroatoms. The number of halogens is 1. The third-order valence-corrected chi connectivity index (χ3v) is 6.96. The lowest BCUT2D eigenvalue weighted by Gasteiger charge is -2.34. The van der Waals surface area contributed by atoms with Gasteiger partial charge in [0.15, 0.2) is 0 Å². The van der Waals surface area contributed by atoms with Crippen molar-refractivity contribution in [2.45, 2.75) is 44.2 Å². The number of primary amides is 1. The molecule has 2 aliphatic rings. The van der Waals surface area contributed by atoms with Crippen LogP contribution < -0.4 is 11.1 Å². The molecule has 1 saturated heterocycles. The van der Waals surface area contributed by atoms with Gasteiger partial charge in [0.2, 0.25) is 0 Å². The van der Waals surface area contributed by atoms with Gasteiger partial charge in [0.1, 0.15) is 5.82 Å². The monoisotopic (exact) mass is 420 g/mol. The molecular formula is C25H29FN4O. The lowest BCUT2D eigenvalue weighted by Crippen LogP contribution is -2.46. The molecule has 0 saturated carbocycles. The molecule has 1 aliphatic heterocycles. The van der Waals surface area contributed by atoms with E-state index in [1.54, 1.807) is 18.2 Å². The van der Waals surface area contributed by atoms with Crippen molar-refractivity contribution in [3.8, 4) is 11.1 Å². The number of carbonyl (C=O) groups is 1. The summed E-state index contributed by atoms with van der Waals surface area (Å²) in [5.74, 6) is -0.730. The van der Waals surface area contributed by atoms with Crippen molar-refractivity contribution in [2.24, 2.45) is 5.73 Å². The molecule has 1 aliphatic carbocycles. The van der Waals surface area contributed by atoms with E-state index in [2.05, 4.69) is 22.2 Å². The summed E-state index contributed by atoms with van der Waals surface area (Å²) >= 11 is 0. The summed E-state index contributed by atoms with van der Waals surface area (Å²) < 4.78 is 14.7. The molecule has 2 aromatic carbocycles. The van der Waals surface area contributed by atoms with E-state index in [1.165, 1.54) is 24.5 Å². The predicted molar refractivity (Wildman–Crippen MR) is 122 cm³/mol. The highest BCUT2D eigenvalue weighted by Gasteiger charge is 2.28. The smallest absolute Gasteiger partial charge is 0.250 e. The number of hydrogen-bond donors (Lipinski definition) is 3. The minimum Gasteiger partial charge on any atom is -0.366 e. The SMILES string of the molecule is CN1CCC(NC2CCc3[nH]c4c(C(N)=O)ccc(-c5ccccc5F)c4c3C2)CC1. The highest BCUT2D eigenvalue weighted by atomic mass is 19.1. The largest absolute Gasteiger partial charge is 0.366 e. The maximum Gasteiger partial charge on any atom is 0.250 e. The zero-order valence-corrected chi connectivity index (χ0v) is 17.9. The van der Waals surface area contributed by atoms with Crippen molar-refractivity contribution in [3.05, 3.63) is 59.0 Å². The van der Waals surface area contributed by atoms with E-state index in [0.29, 0.717) is 23.2 Å². The van der Waals surface area contributed by atoms with Gasteiger partial charge >= 0.3 is 0 Å². The van der Waals surface area contributed by atoms with E-state index in [4.69, 9.17) is 5.73 Å². The molecule has 1 amide bonds. The quantitative estimate of drug-likeness (QED) is 0.604. The van der Waals surface area contributed by atoms with Crippen molar-refractivity contribution < 1.29 is 9.18 Å². The van der Waals surface area contributed by atoms with Crippen molar-refractivity contribution in [2.75, 3.05) is 20.1 Å². The average Bonchev–Trinajstić information content (AvgIpc) is 3.14. The Hall–Kier alpha value is -2.70. The number of amides is 1. The first kappa shape index (κ1) is 20.2. The van der Waals surface area contributed by atoms with Crippen molar-refractivity contribution in [1.29, 1.82) is 0 Å². The first-order chi connectivity index (χ1) is 15.0. The number of fused-ring (bicyclic) bond motifs is 3. The van der Waals surface area contributed by atoms with Gasteiger partial charge in [0.25, 0.3) is 5.91 Å². The normalized spacial score (nSPS) is 20.1. The van der Waals surface area contributed by atoms with Crippen LogP contribution in [0.15, 0.2) is 36.4 Å². The Bertz CT molecular complexity index is 1130. The Morgan fingerprint density at radius 2 is 1.87 bits per heavy atom. The van der Waals surface area contributed by atoms with Crippen LogP contribution in [0.2, 0.25) is 0 Å². The second-order valence-corrected chi connectivity index (χ2v) is 9.02. The number of carbonyl (C=O) groups excluding carboxylic acids is 1. The van der Waals surface area contributed by atoms with Crippen molar-refractivity contribution in [3.63, 3.8) is 0 Å². The summed E-state index contributed by atoms with van der Waals surface area (Å²) in [4.78, 5) is 18.0. The predicted octanol–water partition coefficient (Wildman–Crippen LogP) is 3.61. The molecule has 0 bridgehead atoms. The van der Waals surface area contributed by atoms with Gasteiger partial charge in [-0.15, -0.1) is 0 Å². The minimum atomic E-state index is -0.468. The number of nitrogens with two attached hydrogens (primary N) is 1. The fourth-order valence-corrected chi connectivity index (χ4v) is 5.29. The molecule has 2 heterocycles. The van der Waals surface area contributed by atoms with Crippen LogP contribution >= 0.6 is 0 Å². The Labute approximate surface area is 181 Å². The number of aromatic amines is 1. The number of nitrogens with one attached hydrogen (secondary N) is 2. The zero-order chi connectivity index (χ0) is 21.5. The standard InChI is InChI=1S/C25H29FN4O/c1-30-12-10-15(11-13-30)28-16-6-9-22-20(14-16)23-18(17-4-2-3-5-21(17)26)7-8-19(25(27)31)24(23)29-22/h2-5,7-8,15-16,28-29H,6,9-14H2,1H3,(H2,27,31). The van der Waals surface area contributed by atoms with Crippen LogP contribution in [0.5, 0.6) is 0 Å². The summed E-state index contributed by atoms with van der Waals surface area (Å²) in [5, 5.41) is 4.81. The van der Waals surface area contributed by atoms with Crippen LogP contribution in [-0.2, 0) is 12.8 Å². The van der Waals surface area contributed by atoms with E-state index < -0.39 is 5.91 Å². The van der Waals surface area contributed by atoms with Gasteiger partial charge in [0.05, 0.1) is 11.1 Å². The molecular weight excluding hydrogens is 391 g/mol. The molecule has 5 nitrogen and oxygen atoms in total. The first-order valence-corrected chi connectivity index (χ1v) is 11.2. The molecule has 3 aromatic rings. The number of H-pyrrole nitrogens is 1. The second-order valence-electron chi connectivity index (χ2n) is 9.02. The summed E-state index contributed by atoms with van der Waals surface area (Å²) in [5.41, 5.74) is 10.6. The minimum absolute atomic E-state index is 0.262. The molecule has 4 N–H and O–H groups in total. The number of aromatic nitrogens is 1. The molecule has 5 rings (SSSR count). The number of rotatable bonds is 4. The van der Waals surface area contributed by atoms with Crippen LogP contribution in [0.3, 0.4) is 0 Å². The number of hydrogen-bond acceptors (Lipinski definition) is 3. The fraction of sp³-hybridized carbons (Fsp3) is 0.400. The van der Waals surface area contributed by atoms with E-state index in [9.17, 15) is 9.18 Å². The molecule has 0 spiro atoms. The summed E-state index contributed by atoms with van der Waals surface area (Å²) in [6.45, 7) is 2.25. The van der Waals surface area contributed by atoms with Gasteiger partial charge in [-0.25, -0.2) is 4.39 Å². The lowest BCUT2D eigenvalue weighted by atomic mass is 9.87. The molecule has 0 radical (unpaired) electrons. The third-order valence-electron chi connectivity index (χ3n) is 6.96. The van der Waals surface area contributed by atoms with Crippen LogP contribution in [0.4, 0.5) is 4.39 Å². The van der Waals surface area contributed by atoms with Crippen molar-refractivity contribution >= 4 is 16.8 Å². The second kappa shape index (κ2) is 8.09. The highest BCUT2D eigenvalue weighted by molar-refractivity contribution is 6.10. The van der Waals surface area contributed by atoms with E-state index in [1.807, 2.05) is 12.1 Å². The number of piperidine rings is 1. The first-order valence-electron chi connectivity index (χ1n) is 11.2. The van der Waals surface area contributed by atoms with Crippen LogP contribution in [-0.4, -0.2) is 48.0 Å². The lowest BCUT2D eigenvalue weighted by molar-refractivity contribution is 0.100. The molecule has 31 heavy (non-hydrogen) atoms. The Kier molecular flexibility index (Phi) is 5.28. The van der Waals surface area contributed by atoms with Gasteiger partial charge in [-0.05, 0) is 75.5 Å². The number of likely N-dealkylation sites (tertiary alicyclic amines) is 1. The topological polar surface area (TPSA) is 74.2 Å². The average molecular weight is 421 g/mol. The Morgan fingerprint density at radius 1 is 1.10 bits per heavy atom. The van der Waals surface area contributed by atoms with Crippen molar-refractivity contribution in [1.82, 2.24) is 15.2 Å². The summed E-state index contributed by atoms with van der Waals surface area (Å²) in [7, 11) is 2.18. The molecule has 1 unspecified atom stereocenters. The zero-order valence-electron chi connectivity index (χ0n) is 17.9. The molecule has 1 atom stereocenters. The van der Waals surface area contributed by atoms with E-state index in [-0.39, 0.29) is 5.82 Å². The maximum atomic E-state index is 14.7. The Balaban J connectivity index is 1.56. The summed E-state index contributed by atoms with van der Waals surface area (Å²) in [6, 6.07) is 11.3. The van der Waals surface area contributed by atoms with Crippen LogP contribution in [0.25, 0.3) is 22.0 Å². The van der Waals surface area contributed by atoms with Gasteiger partial charge in [-0.3, -0.25) is 4.79 Å². The van der Waals surface area contributed by atoms with Crippen LogP contribution in [0.1, 0.15) is 40.9 Å². The van der Waals surface area contributed by atoms with E-state index in [0.717, 1.165) is 54.5 Å². The van der Waals surface area contributed by atoms with Gasteiger partial charge in [0, 0.05) is 28.7 Å². The van der Waals surface area contributed by atoms with Gasteiger partial charge in [-0.2, -0.15) is 0 Å². The summed E-state index contributed by atoms with van der Waals surface area (Å²) in [6.07, 6.45) is 5.15. The molecule has 1 fully saturated rings. The maximum absolute atomic E-state index is 14.7.